The third-order valence-corrected chi connectivity index (χ3v) is 4.52. The van der Waals surface area contributed by atoms with Crippen molar-refractivity contribution in [1.29, 1.82) is 0 Å². The number of rotatable bonds is 5. The van der Waals surface area contributed by atoms with Gasteiger partial charge in [0, 0.05) is 5.56 Å². The number of nitrogens with zero attached hydrogens (tertiary/aromatic N) is 1. The first-order valence-electron chi connectivity index (χ1n) is 7.43. The van der Waals surface area contributed by atoms with E-state index in [1.54, 1.807) is 30.4 Å². The van der Waals surface area contributed by atoms with Gasteiger partial charge in [-0.25, -0.2) is 9.78 Å². The van der Waals surface area contributed by atoms with Crippen molar-refractivity contribution in [1.82, 2.24) is 4.98 Å². The maximum absolute atomic E-state index is 11.5. The van der Waals surface area contributed by atoms with E-state index in [2.05, 4.69) is 4.98 Å². The van der Waals surface area contributed by atoms with Crippen LogP contribution in [0.4, 0.5) is 0 Å². The second kappa shape index (κ2) is 7.19. The fourth-order valence-electron chi connectivity index (χ4n) is 2.31. The maximum Gasteiger partial charge on any atom is 0.348 e. The van der Waals surface area contributed by atoms with Crippen molar-refractivity contribution in [3.63, 3.8) is 0 Å². The number of carboxylic acids is 1. The minimum Gasteiger partial charge on any atom is -0.504 e. The van der Waals surface area contributed by atoms with Crippen LogP contribution in [-0.4, -0.2) is 28.3 Å². The fourth-order valence-corrected chi connectivity index (χ4v) is 3.14. The molecule has 0 bridgehead atoms. The van der Waals surface area contributed by atoms with Crippen molar-refractivity contribution in [2.45, 2.75) is 0 Å². The lowest BCUT2D eigenvalue weighted by Crippen LogP contribution is -1.95. The summed E-state index contributed by atoms with van der Waals surface area (Å²) in [5.41, 5.74) is 2.03. The molecule has 0 saturated carbocycles. The van der Waals surface area contributed by atoms with Gasteiger partial charge >= 0.3 is 5.97 Å². The van der Waals surface area contributed by atoms with Crippen LogP contribution in [0.1, 0.15) is 20.2 Å². The number of methoxy groups -OCH3 is 1. The van der Waals surface area contributed by atoms with Crippen LogP contribution in [0.15, 0.2) is 48.5 Å². The Morgan fingerprint density at radius 1 is 1.16 bits per heavy atom. The van der Waals surface area contributed by atoms with Crippen LogP contribution in [0.2, 0.25) is 0 Å². The van der Waals surface area contributed by atoms with Crippen LogP contribution >= 0.6 is 11.3 Å². The number of aromatic carboxylic acids is 1. The van der Waals surface area contributed by atoms with Crippen molar-refractivity contribution in [2.24, 2.45) is 0 Å². The smallest absolute Gasteiger partial charge is 0.348 e. The summed E-state index contributed by atoms with van der Waals surface area (Å²) in [7, 11) is 1.48. The first kappa shape index (κ1) is 16.7. The van der Waals surface area contributed by atoms with Gasteiger partial charge in [0.1, 0.15) is 9.88 Å². The van der Waals surface area contributed by atoms with E-state index in [9.17, 15) is 15.0 Å². The molecule has 0 spiro atoms. The second-order valence-electron chi connectivity index (χ2n) is 5.17. The topological polar surface area (TPSA) is 79.7 Å². The molecule has 2 N–H and O–H groups in total. The lowest BCUT2D eigenvalue weighted by molar-refractivity contribution is 0.0702. The van der Waals surface area contributed by atoms with Crippen molar-refractivity contribution in [3.05, 3.63) is 64.0 Å². The number of thiazole rings is 1. The lowest BCUT2D eigenvalue weighted by atomic mass is 10.1. The predicted octanol–water partition coefficient (Wildman–Crippen LogP) is 4.39. The lowest BCUT2D eigenvalue weighted by Gasteiger charge is -2.03. The zero-order valence-electron chi connectivity index (χ0n) is 13.3. The van der Waals surface area contributed by atoms with Crippen LogP contribution < -0.4 is 4.74 Å². The summed E-state index contributed by atoms with van der Waals surface area (Å²) in [6, 6.07) is 14.2. The number of phenols is 1. The minimum atomic E-state index is -0.998. The zero-order valence-corrected chi connectivity index (χ0v) is 14.2. The molecular formula is C19H15NO4S. The largest absolute Gasteiger partial charge is 0.504 e. The highest BCUT2D eigenvalue weighted by atomic mass is 32.1. The molecule has 1 heterocycles. The number of hydrogen-bond donors (Lipinski definition) is 2. The number of benzene rings is 2. The number of aromatic nitrogens is 1. The Balaban J connectivity index is 1.95. The van der Waals surface area contributed by atoms with Gasteiger partial charge in [-0.2, -0.15) is 0 Å². The van der Waals surface area contributed by atoms with Crippen LogP contribution in [0.3, 0.4) is 0 Å². The highest BCUT2D eigenvalue weighted by Crippen LogP contribution is 2.30. The van der Waals surface area contributed by atoms with E-state index < -0.39 is 5.97 Å². The molecule has 1 aromatic heterocycles. The summed E-state index contributed by atoms with van der Waals surface area (Å²) >= 11 is 1.12. The molecule has 0 aliphatic rings. The molecule has 3 rings (SSSR count). The Morgan fingerprint density at radius 3 is 2.60 bits per heavy atom. The molecule has 6 heteroatoms. The molecule has 0 saturated heterocycles. The van der Waals surface area contributed by atoms with E-state index in [1.807, 2.05) is 30.3 Å². The molecule has 0 radical (unpaired) electrons. The van der Waals surface area contributed by atoms with E-state index in [0.29, 0.717) is 16.5 Å². The molecule has 0 aliphatic carbocycles. The van der Waals surface area contributed by atoms with Gasteiger partial charge in [-0.1, -0.05) is 42.5 Å². The van der Waals surface area contributed by atoms with Gasteiger partial charge in [0.25, 0.3) is 0 Å². The number of carbonyl (C=O) groups is 1. The first-order valence-corrected chi connectivity index (χ1v) is 8.25. The van der Waals surface area contributed by atoms with Crippen LogP contribution in [0.25, 0.3) is 23.4 Å². The van der Waals surface area contributed by atoms with Crippen molar-refractivity contribution in [3.8, 4) is 22.8 Å². The summed E-state index contributed by atoms with van der Waals surface area (Å²) in [4.78, 5) is 16.2. The summed E-state index contributed by atoms with van der Waals surface area (Å²) in [5, 5.41) is 19.6. The van der Waals surface area contributed by atoms with Crippen molar-refractivity contribution >= 4 is 29.5 Å². The van der Waals surface area contributed by atoms with Gasteiger partial charge < -0.3 is 14.9 Å². The van der Waals surface area contributed by atoms with Crippen molar-refractivity contribution in [2.75, 3.05) is 7.11 Å². The molecule has 126 valence electrons. The maximum atomic E-state index is 11.5. The quantitative estimate of drug-likeness (QED) is 0.711. The molecular weight excluding hydrogens is 338 g/mol. The fraction of sp³-hybridized carbons (Fsp3) is 0.0526. The average molecular weight is 353 g/mol. The molecule has 0 unspecified atom stereocenters. The zero-order chi connectivity index (χ0) is 17.8. The third kappa shape index (κ3) is 3.70. The highest BCUT2D eigenvalue weighted by molar-refractivity contribution is 7.15. The van der Waals surface area contributed by atoms with E-state index >= 15 is 0 Å². The standard InChI is InChI=1S/C19H15NO4S/c1-24-15-11-12(7-9-14(15)21)8-10-16-20-17(18(25-16)19(22)23)13-5-3-2-4-6-13/h2-11,21H,1H3,(H,22,23)/b10-8+. The molecule has 3 aromatic rings. The second-order valence-corrected chi connectivity index (χ2v) is 6.20. The van der Waals surface area contributed by atoms with Gasteiger partial charge in [0.2, 0.25) is 0 Å². The SMILES string of the molecule is COc1cc(/C=C/c2nc(-c3ccccc3)c(C(=O)O)s2)ccc1O. The van der Waals surface area contributed by atoms with Crippen LogP contribution in [-0.2, 0) is 0 Å². The Morgan fingerprint density at radius 2 is 1.92 bits per heavy atom. The van der Waals surface area contributed by atoms with Crippen LogP contribution in [0.5, 0.6) is 11.5 Å². The van der Waals surface area contributed by atoms with E-state index in [4.69, 9.17) is 4.74 Å². The Bertz CT molecular complexity index is 932. The summed E-state index contributed by atoms with van der Waals surface area (Å²) in [6.45, 7) is 0. The molecule has 0 aliphatic heterocycles. The molecule has 25 heavy (non-hydrogen) atoms. The van der Waals surface area contributed by atoms with E-state index in [1.165, 1.54) is 7.11 Å². The van der Waals surface area contributed by atoms with Gasteiger partial charge in [-0.05, 0) is 23.8 Å². The monoisotopic (exact) mass is 353 g/mol. The van der Waals surface area contributed by atoms with E-state index in [-0.39, 0.29) is 10.6 Å². The Hall–Kier alpha value is -3.12. The molecule has 0 amide bonds. The van der Waals surface area contributed by atoms with Crippen LogP contribution in [0, 0.1) is 0 Å². The van der Waals surface area contributed by atoms with Gasteiger partial charge in [0.15, 0.2) is 11.5 Å². The number of hydrogen-bond acceptors (Lipinski definition) is 5. The summed E-state index contributed by atoms with van der Waals surface area (Å²) < 4.78 is 5.08. The molecule has 5 nitrogen and oxygen atoms in total. The number of phenolic OH excluding ortho intramolecular Hbond substituents is 1. The minimum absolute atomic E-state index is 0.0634. The summed E-state index contributed by atoms with van der Waals surface area (Å²) in [6.07, 6.45) is 3.54. The highest BCUT2D eigenvalue weighted by Gasteiger charge is 2.17. The summed E-state index contributed by atoms with van der Waals surface area (Å²) in [5.74, 6) is -0.562. The van der Waals surface area contributed by atoms with Gasteiger partial charge in [-0.3, -0.25) is 0 Å². The molecule has 0 atom stereocenters. The number of carboxylic acid groups (broad SMARTS) is 1. The number of ether oxygens (including phenoxy) is 1. The Labute approximate surface area is 148 Å². The Kier molecular flexibility index (Phi) is 4.81. The number of aromatic hydroxyl groups is 1. The van der Waals surface area contributed by atoms with Gasteiger partial charge in [-0.15, -0.1) is 11.3 Å². The average Bonchev–Trinajstić information content (AvgIpc) is 3.06. The normalized spacial score (nSPS) is 10.9. The van der Waals surface area contributed by atoms with Crippen molar-refractivity contribution < 1.29 is 19.7 Å². The van der Waals surface area contributed by atoms with Gasteiger partial charge in [0.05, 0.1) is 12.8 Å². The predicted molar refractivity (Wildman–Crippen MR) is 98.1 cm³/mol. The molecule has 2 aromatic carbocycles. The molecule has 0 fully saturated rings. The first-order chi connectivity index (χ1) is 12.1. The van der Waals surface area contributed by atoms with E-state index in [0.717, 1.165) is 22.5 Å². The third-order valence-electron chi connectivity index (χ3n) is 3.51.